The average molecular weight is 412 g/mol. The van der Waals surface area contributed by atoms with E-state index in [2.05, 4.69) is 25.6 Å². The van der Waals surface area contributed by atoms with Crippen LogP contribution < -0.4 is 15.4 Å². The van der Waals surface area contributed by atoms with Crippen molar-refractivity contribution in [2.75, 3.05) is 17.7 Å². The van der Waals surface area contributed by atoms with Crippen molar-refractivity contribution >= 4 is 29.2 Å². The molecule has 154 valence electrons. The molecule has 0 aliphatic rings. The third kappa shape index (κ3) is 5.33. The van der Waals surface area contributed by atoms with Crippen LogP contribution >= 0.6 is 0 Å². The average Bonchev–Trinajstić information content (AvgIpc) is 3.35. The Kier molecular flexibility index (Phi) is 5.99. The van der Waals surface area contributed by atoms with Gasteiger partial charge in [0.2, 0.25) is 5.91 Å². The van der Waals surface area contributed by atoms with E-state index in [0.29, 0.717) is 17.3 Å². The van der Waals surface area contributed by atoms with E-state index in [1.807, 2.05) is 60.8 Å². The summed E-state index contributed by atoms with van der Waals surface area (Å²) in [6, 6.07) is 16.6. The Balaban J connectivity index is 1.35. The number of imidazole rings is 1. The number of aromatic nitrogens is 4. The van der Waals surface area contributed by atoms with Crippen LogP contribution in [0, 0.1) is 0 Å². The van der Waals surface area contributed by atoms with Crippen molar-refractivity contribution in [2.45, 2.75) is 0 Å². The van der Waals surface area contributed by atoms with Gasteiger partial charge in [-0.25, -0.2) is 15.0 Å². The molecule has 0 spiro atoms. The molecule has 0 saturated carbocycles. The van der Waals surface area contributed by atoms with Gasteiger partial charge in [-0.3, -0.25) is 9.36 Å². The number of carbonyl (C=O) groups is 1. The third-order valence-corrected chi connectivity index (χ3v) is 4.39. The van der Waals surface area contributed by atoms with Crippen molar-refractivity contribution in [1.82, 2.24) is 19.5 Å². The second kappa shape index (κ2) is 9.36. The summed E-state index contributed by atoms with van der Waals surface area (Å²) in [7, 11) is 1.62. The number of ether oxygens (including phenoxy) is 1. The van der Waals surface area contributed by atoms with Crippen LogP contribution in [0.15, 0.2) is 85.7 Å². The summed E-state index contributed by atoms with van der Waals surface area (Å²) in [6.07, 6.45) is 9.90. The van der Waals surface area contributed by atoms with Crippen molar-refractivity contribution in [1.29, 1.82) is 0 Å². The van der Waals surface area contributed by atoms with Crippen LogP contribution in [0.3, 0.4) is 0 Å². The van der Waals surface area contributed by atoms with Gasteiger partial charge in [-0.1, -0.05) is 12.1 Å². The number of nitrogens with one attached hydrogen (secondary N) is 2. The zero-order valence-electron chi connectivity index (χ0n) is 16.8. The van der Waals surface area contributed by atoms with Crippen molar-refractivity contribution in [3.63, 3.8) is 0 Å². The number of rotatable bonds is 7. The Morgan fingerprint density at radius 1 is 1.03 bits per heavy atom. The number of hydrogen-bond acceptors (Lipinski definition) is 6. The molecule has 0 saturated heterocycles. The molecule has 2 N–H and O–H groups in total. The predicted octanol–water partition coefficient (Wildman–Crippen LogP) is 4.07. The van der Waals surface area contributed by atoms with Crippen molar-refractivity contribution < 1.29 is 9.53 Å². The lowest BCUT2D eigenvalue weighted by Gasteiger charge is -2.08. The normalized spacial score (nSPS) is 10.7. The molecule has 0 atom stereocenters. The fourth-order valence-corrected chi connectivity index (χ4v) is 2.81. The van der Waals surface area contributed by atoms with Gasteiger partial charge in [0.1, 0.15) is 30.0 Å². The van der Waals surface area contributed by atoms with Gasteiger partial charge in [-0.05, 0) is 48.0 Å². The maximum atomic E-state index is 12.2. The lowest BCUT2D eigenvalue weighted by molar-refractivity contribution is -0.111. The fraction of sp³-hybridized carbons (Fsp3) is 0.0435. The largest absolute Gasteiger partial charge is 0.497 e. The predicted molar refractivity (Wildman–Crippen MR) is 120 cm³/mol. The van der Waals surface area contributed by atoms with E-state index in [0.717, 1.165) is 17.0 Å². The minimum atomic E-state index is -0.211. The zero-order valence-corrected chi connectivity index (χ0v) is 16.8. The lowest BCUT2D eigenvalue weighted by Crippen LogP contribution is -2.07. The van der Waals surface area contributed by atoms with Gasteiger partial charge in [0.05, 0.1) is 7.11 Å². The highest BCUT2D eigenvalue weighted by molar-refractivity contribution is 6.02. The number of methoxy groups -OCH3 is 1. The highest BCUT2D eigenvalue weighted by Crippen LogP contribution is 2.19. The Hall–Kier alpha value is -4.46. The first kappa shape index (κ1) is 19.8. The summed E-state index contributed by atoms with van der Waals surface area (Å²) < 4.78 is 6.92. The zero-order chi connectivity index (χ0) is 21.5. The topological polar surface area (TPSA) is 94.0 Å². The molecule has 8 heteroatoms. The van der Waals surface area contributed by atoms with Crippen LogP contribution in [0.5, 0.6) is 5.75 Å². The number of hydrogen-bond donors (Lipinski definition) is 2. The Morgan fingerprint density at radius 3 is 2.52 bits per heavy atom. The number of anilines is 3. The van der Waals surface area contributed by atoms with Crippen molar-refractivity contribution in [2.24, 2.45) is 0 Å². The molecule has 0 radical (unpaired) electrons. The molecule has 4 aromatic rings. The van der Waals surface area contributed by atoms with Crippen LogP contribution in [0.25, 0.3) is 11.9 Å². The number of amides is 1. The van der Waals surface area contributed by atoms with E-state index in [1.54, 1.807) is 30.3 Å². The molecule has 2 aromatic carbocycles. The molecule has 1 amide bonds. The van der Waals surface area contributed by atoms with Gasteiger partial charge >= 0.3 is 0 Å². The van der Waals surface area contributed by atoms with Gasteiger partial charge in [-0.2, -0.15) is 0 Å². The van der Waals surface area contributed by atoms with E-state index in [1.165, 1.54) is 12.4 Å². The molecule has 0 bridgehead atoms. The van der Waals surface area contributed by atoms with E-state index in [9.17, 15) is 4.79 Å². The SMILES string of the molecule is COc1ccc(/C=C/C(=O)Nc2ccc(Nc3cc(-n4ccnc4)ncn3)cc2)cc1. The summed E-state index contributed by atoms with van der Waals surface area (Å²) in [4.78, 5) is 24.7. The van der Waals surface area contributed by atoms with E-state index < -0.39 is 0 Å². The Labute approximate surface area is 179 Å². The molecule has 0 unspecified atom stereocenters. The summed E-state index contributed by atoms with van der Waals surface area (Å²) >= 11 is 0. The number of nitrogens with zero attached hydrogens (tertiary/aromatic N) is 4. The minimum absolute atomic E-state index is 0.211. The summed E-state index contributed by atoms with van der Waals surface area (Å²) in [5.74, 6) is 1.92. The standard InChI is InChI=1S/C23H20N6O2/c1-31-20-9-2-17(3-10-20)4-11-23(30)28-19-7-5-18(6-8-19)27-21-14-22(26-15-25-21)29-13-12-24-16-29/h2-16H,1H3,(H,28,30)(H,25,26,27)/b11-4+. The van der Waals surface area contributed by atoms with Gasteiger partial charge < -0.3 is 15.4 Å². The molecule has 8 nitrogen and oxygen atoms in total. The van der Waals surface area contributed by atoms with Crippen LogP contribution in [0.2, 0.25) is 0 Å². The molecule has 31 heavy (non-hydrogen) atoms. The monoisotopic (exact) mass is 412 g/mol. The third-order valence-electron chi connectivity index (χ3n) is 4.39. The number of carbonyl (C=O) groups excluding carboxylic acids is 1. The second-order valence-corrected chi connectivity index (χ2v) is 6.53. The first-order valence-corrected chi connectivity index (χ1v) is 9.50. The lowest BCUT2D eigenvalue weighted by atomic mass is 10.2. The highest BCUT2D eigenvalue weighted by atomic mass is 16.5. The van der Waals surface area contributed by atoms with Crippen molar-refractivity contribution in [3.05, 3.63) is 91.3 Å². The maximum absolute atomic E-state index is 12.2. The van der Waals surface area contributed by atoms with Gasteiger partial charge in [0, 0.05) is 35.9 Å². The van der Waals surface area contributed by atoms with E-state index in [4.69, 9.17) is 4.74 Å². The fourth-order valence-electron chi connectivity index (χ4n) is 2.81. The van der Waals surface area contributed by atoms with Crippen LogP contribution in [-0.4, -0.2) is 32.5 Å². The molecule has 0 aliphatic heterocycles. The first-order chi connectivity index (χ1) is 15.2. The minimum Gasteiger partial charge on any atom is -0.497 e. The quantitative estimate of drug-likeness (QED) is 0.445. The van der Waals surface area contributed by atoms with Crippen LogP contribution in [0.1, 0.15) is 5.56 Å². The Bertz CT molecular complexity index is 1170. The Morgan fingerprint density at radius 2 is 1.81 bits per heavy atom. The second-order valence-electron chi connectivity index (χ2n) is 6.53. The van der Waals surface area contributed by atoms with E-state index >= 15 is 0 Å². The van der Waals surface area contributed by atoms with Crippen LogP contribution in [0.4, 0.5) is 17.2 Å². The highest BCUT2D eigenvalue weighted by Gasteiger charge is 2.03. The first-order valence-electron chi connectivity index (χ1n) is 9.50. The van der Waals surface area contributed by atoms with Gasteiger partial charge in [0.25, 0.3) is 0 Å². The molecule has 4 rings (SSSR count). The molecule has 2 aromatic heterocycles. The van der Waals surface area contributed by atoms with Gasteiger partial charge in [0.15, 0.2) is 0 Å². The maximum Gasteiger partial charge on any atom is 0.248 e. The molecule has 2 heterocycles. The van der Waals surface area contributed by atoms with E-state index in [-0.39, 0.29) is 5.91 Å². The molecule has 0 aliphatic carbocycles. The molecule has 0 fully saturated rings. The summed E-state index contributed by atoms with van der Waals surface area (Å²) in [6.45, 7) is 0. The summed E-state index contributed by atoms with van der Waals surface area (Å²) in [5, 5.41) is 6.06. The van der Waals surface area contributed by atoms with Crippen molar-refractivity contribution in [3.8, 4) is 11.6 Å². The summed E-state index contributed by atoms with van der Waals surface area (Å²) in [5.41, 5.74) is 2.44. The van der Waals surface area contributed by atoms with Crippen LogP contribution in [-0.2, 0) is 4.79 Å². The number of benzene rings is 2. The van der Waals surface area contributed by atoms with Gasteiger partial charge in [-0.15, -0.1) is 0 Å². The molecular weight excluding hydrogens is 392 g/mol. The smallest absolute Gasteiger partial charge is 0.248 e. The molecular formula is C23H20N6O2.